The van der Waals surface area contributed by atoms with E-state index in [0.29, 0.717) is 10.9 Å². The molecule has 0 atom stereocenters. The maximum atomic E-state index is 5.74. The smallest absolute Gasteiger partial charge is 0.103 e. The van der Waals surface area contributed by atoms with E-state index in [1.54, 1.807) is 6.92 Å². The minimum atomic E-state index is -0.0818. The van der Waals surface area contributed by atoms with Crippen LogP contribution >= 0.6 is 11.6 Å². The van der Waals surface area contributed by atoms with Crippen molar-refractivity contribution in [1.29, 1.82) is 0 Å². The van der Waals surface area contributed by atoms with Crippen LogP contribution in [0.2, 0.25) is 0 Å². The van der Waals surface area contributed by atoms with Gasteiger partial charge in [0.15, 0.2) is 0 Å². The number of rotatable bonds is 6. The molecule has 5 aromatic carbocycles. The molecular formula is C48H48ClN. The Morgan fingerprint density at radius 1 is 0.720 bits per heavy atom. The molecule has 7 rings (SSSR count). The van der Waals surface area contributed by atoms with Crippen LogP contribution in [0.25, 0.3) is 33.5 Å². The van der Waals surface area contributed by atoms with E-state index in [4.69, 9.17) is 11.6 Å². The van der Waals surface area contributed by atoms with E-state index in [9.17, 15) is 0 Å². The van der Waals surface area contributed by atoms with E-state index in [1.807, 2.05) is 56.3 Å². The van der Waals surface area contributed by atoms with Gasteiger partial charge in [-0.1, -0.05) is 191 Å². The lowest BCUT2D eigenvalue weighted by atomic mass is 9.73. The van der Waals surface area contributed by atoms with Gasteiger partial charge >= 0.3 is 0 Å². The molecular weight excluding hydrogens is 626 g/mol. The van der Waals surface area contributed by atoms with Crippen LogP contribution in [-0.4, -0.2) is 5.17 Å². The standard InChI is InChI=1S/C28H24.C16H14ClN.C2H6.C2H4/c1-3-5-6-11-21-19-28(27-18-20(4-2)16-17-22(21)27)25-14-9-7-12-23(25)24-13-8-10-15-26(24)28;1-12(18-13(2)17)14-8-10-16(11-9-14)15-6-4-3-5-7-15;2*1-2/h3,5-18H,1,4,19H2,2H3;3-11H,1H2,2H3;1-2H3;1-2H2/b6-5-,21-11+;;;. The molecule has 0 amide bonds. The highest BCUT2D eigenvalue weighted by Gasteiger charge is 2.49. The van der Waals surface area contributed by atoms with Gasteiger partial charge in [-0.05, 0) is 81.0 Å². The Hall–Kier alpha value is -5.24. The molecule has 2 aliphatic rings. The molecule has 0 unspecified atom stereocenters. The molecule has 1 spiro atoms. The number of benzene rings is 5. The fraction of sp³-hybridized carbons (Fsp3) is 0.146. The van der Waals surface area contributed by atoms with Crippen molar-refractivity contribution < 1.29 is 0 Å². The van der Waals surface area contributed by atoms with Crippen molar-refractivity contribution in [2.45, 2.75) is 46.0 Å². The molecule has 0 aliphatic heterocycles. The van der Waals surface area contributed by atoms with Crippen LogP contribution in [0.1, 0.15) is 67.5 Å². The van der Waals surface area contributed by atoms with Gasteiger partial charge in [0, 0.05) is 0 Å². The number of nitrogens with zero attached hydrogens (tertiary/aromatic N) is 1. The maximum absolute atomic E-state index is 5.74. The molecule has 252 valence electrons. The lowest BCUT2D eigenvalue weighted by Crippen LogP contribution is -2.23. The van der Waals surface area contributed by atoms with Crippen molar-refractivity contribution in [2.75, 3.05) is 0 Å². The third-order valence-electron chi connectivity index (χ3n) is 8.98. The predicted molar refractivity (Wildman–Crippen MR) is 222 cm³/mol. The van der Waals surface area contributed by atoms with E-state index in [0.717, 1.165) is 18.4 Å². The van der Waals surface area contributed by atoms with Crippen LogP contribution in [0.5, 0.6) is 0 Å². The largest absolute Gasteiger partial charge is 0.242 e. The summed E-state index contributed by atoms with van der Waals surface area (Å²) in [4.78, 5) is 4.14. The van der Waals surface area contributed by atoms with Gasteiger partial charge in [-0.15, -0.1) is 13.2 Å². The molecule has 0 bridgehead atoms. The number of hydrogen-bond acceptors (Lipinski definition) is 1. The second-order valence-electron chi connectivity index (χ2n) is 11.7. The third-order valence-corrected chi connectivity index (χ3v) is 9.06. The summed E-state index contributed by atoms with van der Waals surface area (Å²) in [5, 5.41) is 0.493. The summed E-state index contributed by atoms with van der Waals surface area (Å²) >= 11 is 5.74. The first-order valence-electron chi connectivity index (χ1n) is 17.3. The highest BCUT2D eigenvalue weighted by atomic mass is 35.5. The minimum Gasteiger partial charge on any atom is -0.242 e. The van der Waals surface area contributed by atoms with Gasteiger partial charge in [-0.25, -0.2) is 4.99 Å². The highest BCUT2D eigenvalue weighted by Crippen LogP contribution is 2.61. The van der Waals surface area contributed by atoms with Crippen LogP contribution in [0.15, 0.2) is 177 Å². The van der Waals surface area contributed by atoms with Gasteiger partial charge < -0.3 is 0 Å². The first-order valence-corrected chi connectivity index (χ1v) is 17.7. The Morgan fingerprint density at radius 3 is 1.84 bits per heavy atom. The fourth-order valence-electron chi connectivity index (χ4n) is 6.86. The van der Waals surface area contributed by atoms with E-state index < -0.39 is 0 Å². The number of allylic oxidation sites excluding steroid dienone is 5. The topological polar surface area (TPSA) is 12.4 Å². The van der Waals surface area contributed by atoms with Crippen LogP contribution in [0.4, 0.5) is 0 Å². The normalized spacial score (nSPS) is 13.9. The van der Waals surface area contributed by atoms with Crippen molar-refractivity contribution in [2.24, 2.45) is 4.99 Å². The van der Waals surface area contributed by atoms with E-state index in [1.165, 1.54) is 55.6 Å². The average Bonchev–Trinajstić information content (AvgIpc) is 3.65. The van der Waals surface area contributed by atoms with Crippen molar-refractivity contribution in [1.82, 2.24) is 0 Å². The van der Waals surface area contributed by atoms with Crippen LogP contribution in [0.3, 0.4) is 0 Å². The van der Waals surface area contributed by atoms with Crippen molar-refractivity contribution >= 4 is 28.0 Å². The number of hydrogen-bond donors (Lipinski definition) is 0. The number of halogens is 1. The summed E-state index contributed by atoms with van der Waals surface area (Å²) in [6.07, 6.45) is 10.3. The van der Waals surface area contributed by atoms with Gasteiger partial charge in [0.1, 0.15) is 5.17 Å². The molecule has 0 radical (unpaired) electrons. The second kappa shape index (κ2) is 18.0. The Balaban J connectivity index is 0.000000222. The summed E-state index contributed by atoms with van der Waals surface area (Å²) in [5.41, 5.74) is 15.3. The van der Waals surface area contributed by atoms with Gasteiger partial charge in [-0.2, -0.15) is 0 Å². The zero-order chi connectivity index (χ0) is 36.1. The van der Waals surface area contributed by atoms with E-state index in [2.05, 4.69) is 141 Å². The summed E-state index contributed by atoms with van der Waals surface area (Å²) < 4.78 is 0. The summed E-state index contributed by atoms with van der Waals surface area (Å²) in [6.45, 7) is 21.7. The molecule has 50 heavy (non-hydrogen) atoms. The lowest BCUT2D eigenvalue weighted by Gasteiger charge is -2.28. The Bertz CT molecular complexity index is 1960. The Kier molecular flexibility index (Phi) is 13.5. The Labute approximate surface area is 305 Å². The van der Waals surface area contributed by atoms with Gasteiger partial charge in [0.2, 0.25) is 0 Å². The molecule has 1 nitrogen and oxygen atoms in total. The summed E-state index contributed by atoms with van der Waals surface area (Å²) in [7, 11) is 0. The maximum Gasteiger partial charge on any atom is 0.103 e. The number of aryl methyl sites for hydroxylation is 1. The SMILES string of the molecule is C=C.C=C(N=C(C)Cl)c1ccc(-c2ccccc2)cc1.C=C/C=C\C=C1/CC2(c3cc(CC)ccc31)c1ccccc1-c1ccccc12.CC. The predicted octanol–water partition coefficient (Wildman–Crippen LogP) is 13.9. The zero-order valence-corrected chi connectivity index (χ0v) is 30.7. The molecule has 2 aliphatic carbocycles. The quantitative estimate of drug-likeness (QED) is 0.0966. The molecule has 0 heterocycles. The first kappa shape index (κ1) is 37.6. The number of fused-ring (bicyclic) bond motifs is 7. The van der Waals surface area contributed by atoms with E-state index in [-0.39, 0.29) is 5.41 Å². The monoisotopic (exact) mass is 673 g/mol. The number of aliphatic imine (C=N–C) groups is 1. The van der Waals surface area contributed by atoms with Crippen LogP contribution in [-0.2, 0) is 11.8 Å². The summed E-state index contributed by atoms with van der Waals surface area (Å²) in [6, 6.07) is 43.4. The van der Waals surface area contributed by atoms with Crippen molar-refractivity contribution in [3.05, 3.63) is 205 Å². The van der Waals surface area contributed by atoms with Crippen molar-refractivity contribution in [3.63, 3.8) is 0 Å². The molecule has 2 heteroatoms. The zero-order valence-electron chi connectivity index (χ0n) is 29.9. The highest BCUT2D eigenvalue weighted by molar-refractivity contribution is 6.65. The fourth-order valence-corrected chi connectivity index (χ4v) is 6.96. The molecule has 0 saturated carbocycles. The van der Waals surface area contributed by atoms with Crippen LogP contribution in [0, 0.1) is 0 Å². The lowest BCUT2D eigenvalue weighted by molar-refractivity contribution is 0.680. The molecule has 0 aromatic heterocycles. The average molecular weight is 674 g/mol. The minimum absolute atomic E-state index is 0.0818. The molecule has 5 aromatic rings. The van der Waals surface area contributed by atoms with Crippen molar-refractivity contribution in [3.8, 4) is 22.3 Å². The van der Waals surface area contributed by atoms with Crippen LogP contribution < -0.4 is 0 Å². The molecule has 0 saturated heterocycles. The first-order chi connectivity index (χ1) is 24.5. The molecule has 0 fully saturated rings. The third kappa shape index (κ3) is 7.80. The van der Waals surface area contributed by atoms with Gasteiger partial charge in [-0.3, -0.25) is 0 Å². The Morgan fingerprint density at radius 2 is 1.28 bits per heavy atom. The van der Waals surface area contributed by atoms with E-state index >= 15 is 0 Å². The second-order valence-corrected chi connectivity index (χ2v) is 12.3. The van der Waals surface area contributed by atoms with Gasteiger partial charge in [0.25, 0.3) is 0 Å². The van der Waals surface area contributed by atoms with Gasteiger partial charge in [0.05, 0.1) is 11.1 Å². The summed E-state index contributed by atoms with van der Waals surface area (Å²) in [5.74, 6) is 0. The molecule has 0 N–H and O–H groups in total.